The Kier molecular flexibility index (Phi) is 6.63. The van der Waals surface area contributed by atoms with Crippen LogP contribution < -0.4 is 10.6 Å². The Morgan fingerprint density at radius 1 is 1.14 bits per heavy atom. The van der Waals surface area contributed by atoms with Crippen LogP contribution in [0.3, 0.4) is 0 Å². The Labute approximate surface area is 165 Å². The molecule has 148 valence electrons. The summed E-state index contributed by atoms with van der Waals surface area (Å²) >= 11 is 0. The van der Waals surface area contributed by atoms with Gasteiger partial charge in [0.15, 0.2) is 5.96 Å². The van der Waals surface area contributed by atoms with Gasteiger partial charge in [-0.2, -0.15) is 0 Å². The van der Waals surface area contributed by atoms with Gasteiger partial charge in [0.25, 0.3) is 0 Å². The van der Waals surface area contributed by atoms with Gasteiger partial charge in [-0.05, 0) is 36.5 Å². The van der Waals surface area contributed by atoms with Crippen LogP contribution >= 0.6 is 0 Å². The van der Waals surface area contributed by atoms with Crippen LogP contribution in [-0.2, 0) is 24.2 Å². The molecule has 0 heterocycles. The molecule has 1 amide bonds. The molecule has 5 nitrogen and oxygen atoms in total. The van der Waals surface area contributed by atoms with Crippen molar-refractivity contribution in [2.75, 3.05) is 20.6 Å². The van der Waals surface area contributed by atoms with Gasteiger partial charge in [-0.25, -0.2) is 9.38 Å². The SMILES string of the molecule is CN(C)C(=O)CNC(=NCc1ccccc1F)NC1CCc2ccccc2C1. The molecule has 1 aliphatic carbocycles. The number of hydrogen-bond acceptors (Lipinski definition) is 2. The number of fused-ring (bicyclic) bond motifs is 1. The fourth-order valence-corrected chi connectivity index (χ4v) is 3.28. The van der Waals surface area contributed by atoms with Crippen molar-refractivity contribution in [3.8, 4) is 0 Å². The van der Waals surface area contributed by atoms with Crippen molar-refractivity contribution in [1.29, 1.82) is 0 Å². The second-order valence-corrected chi connectivity index (χ2v) is 7.25. The van der Waals surface area contributed by atoms with Crippen LogP contribution in [0.1, 0.15) is 23.1 Å². The van der Waals surface area contributed by atoms with Crippen LogP contribution in [0.15, 0.2) is 53.5 Å². The zero-order valence-electron chi connectivity index (χ0n) is 16.4. The second kappa shape index (κ2) is 9.35. The van der Waals surface area contributed by atoms with E-state index in [1.54, 1.807) is 32.3 Å². The van der Waals surface area contributed by atoms with E-state index in [1.807, 2.05) is 0 Å². The average molecular weight is 382 g/mol. The number of carbonyl (C=O) groups is 1. The van der Waals surface area contributed by atoms with E-state index in [1.165, 1.54) is 22.1 Å². The molecule has 0 saturated carbocycles. The molecule has 0 fully saturated rings. The minimum absolute atomic E-state index is 0.0469. The van der Waals surface area contributed by atoms with Crippen molar-refractivity contribution < 1.29 is 9.18 Å². The van der Waals surface area contributed by atoms with Gasteiger partial charge in [0.1, 0.15) is 5.82 Å². The van der Waals surface area contributed by atoms with Gasteiger partial charge in [-0.3, -0.25) is 4.79 Å². The molecule has 1 unspecified atom stereocenters. The topological polar surface area (TPSA) is 56.7 Å². The van der Waals surface area contributed by atoms with Crippen LogP contribution in [0.5, 0.6) is 0 Å². The molecule has 2 aromatic carbocycles. The number of halogens is 1. The summed E-state index contributed by atoms with van der Waals surface area (Å²) in [5, 5.41) is 6.51. The fourth-order valence-electron chi connectivity index (χ4n) is 3.28. The van der Waals surface area contributed by atoms with E-state index in [0.717, 1.165) is 19.3 Å². The highest BCUT2D eigenvalue weighted by Gasteiger charge is 2.19. The molecule has 6 heteroatoms. The Balaban J connectivity index is 1.69. The summed E-state index contributed by atoms with van der Waals surface area (Å²) in [6.07, 6.45) is 2.89. The van der Waals surface area contributed by atoms with Crippen molar-refractivity contribution >= 4 is 11.9 Å². The lowest BCUT2D eigenvalue weighted by Gasteiger charge is -2.27. The van der Waals surface area contributed by atoms with Crippen molar-refractivity contribution in [3.05, 3.63) is 71.0 Å². The maximum Gasteiger partial charge on any atom is 0.241 e. The Morgan fingerprint density at radius 2 is 1.86 bits per heavy atom. The Hall–Kier alpha value is -2.89. The molecule has 0 aromatic heterocycles. The van der Waals surface area contributed by atoms with E-state index in [-0.39, 0.29) is 30.9 Å². The Bertz CT molecular complexity index is 850. The lowest BCUT2D eigenvalue weighted by Crippen LogP contribution is -2.48. The smallest absolute Gasteiger partial charge is 0.241 e. The first-order valence-electron chi connectivity index (χ1n) is 9.58. The number of nitrogens with one attached hydrogen (secondary N) is 2. The molecule has 3 rings (SSSR count). The molecule has 1 atom stereocenters. The maximum absolute atomic E-state index is 13.9. The molecule has 1 aliphatic rings. The third kappa shape index (κ3) is 5.31. The predicted molar refractivity (Wildman–Crippen MR) is 110 cm³/mol. The van der Waals surface area contributed by atoms with E-state index < -0.39 is 0 Å². The van der Waals surface area contributed by atoms with Crippen molar-refractivity contribution in [2.24, 2.45) is 4.99 Å². The van der Waals surface area contributed by atoms with E-state index in [0.29, 0.717) is 11.5 Å². The summed E-state index contributed by atoms with van der Waals surface area (Å²) in [7, 11) is 3.43. The number of benzene rings is 2. The molecule has 0 bridgehead atoms. The van der Waals surface area contributed by atoms with Crippen molar-refractivity contribution in [3.63, 3.8) is 0 Å². The van der Waals surface area contributed by atoms with Crippen LogP contribution in [0.4, 0.5) is 4.39 Å². The first kappa shape index (κ1) is 19.9. The highest BCUT2D eigenvalue weighted by molar-refractivity contribution is 5.86. The van der Waals surface area contributed by atoms with E-state index in [4.69, 9.17) is 0 Å². The highest BCUT2D eigenvalue weighted by Crippen LogP contribution is 2.21. The van der Waals surface area contributed by atoms with E-state index in [2.05, 4.69) is 39.9 Å². The molecule has 2 N–H and O–H groups in total. The molecular formula is C22H27FN4O. The van der Waals surface area contributed by atoms with Gasteiger partial charge in [0, 0.05) is 25.7 Å². The number of likely N-dealkylation sites (N-methyl/N-ethyl adjacent to an activating group) is 1. The summed E-state index contributed by atoms with van der Waals surface area (Å²) in [5.74, 6) is 0.207. The first-order valence-corrected chi connectivity index (χ1v) is 9.58. The second-order valence-electron chi connectivity index (χ2n) is 7.25. The summed E-state index contributed by atoms with van der Waals surface area (Å²) in [4.78, 5) is 18.0. The molecule has 28 heavy (non-hydrogen) atoms. The average Bonchev–Trinajstić information content (AvgIpc) is 2.70. The zero-order chi connectivity index (χ0) is 19.9. The summed E-state index contributed by atoms with van der Waals surface area (Å²) in [6.45, 7) is 0.348. The third-order valence-corrected chi connectivity index (χ3v) is 4.96. The number of hydrogen-bond donors (Lipinski definition) is 2. The number of amides is 1. The molecule has 0 spiro atoms. The van der Waals surface area contributed by atoms with Gasteiger partial charge < -0.3 is 15.5 Å². The number of aliphatic imine (C=N–C) groups is 1. The molecular weight excluding hydrogens is 355 g/mol. The van der Waals surface area contributed by atoms with Gasteiger partial charge in [-0.1, -0.05) is 42.5 Å². The number of guanidine groups is 1. The maximum atomic E-state index is 13.9. The lowest BCUT2D eigenvalue weighted by molar-refractivity contribution is -0.127. The van der Waals surface area contributed by atoms with Crippen LogP contribution in [-0.4, -0.2) is 43.4 Å². The highest BCUT2D eigenvalue weighted by atomic mass is 19.1. The van der Waals surface area contributed by atoms with Crippen molar-refractivity contribution in [2.45, 2.75) is 31.8 Å². The van der Waals surface area contributed by atoms with Crippen LogP contribution in [0.25, 0.3) is 0 Å². The first-order chi connectivity index (χ1) is 13.5. The van der Waals surface area contributed by atoms with Gasteiger partial charge in [0.2, 0.25) is 5.91 Å². The standard InChI is InChI=1S/C22H27FN4O/c1-27(2)21(28)15-25-22(24-14-18-9-5-6-10-20(18)23)26-19-12-11-16-7-3-4-8-17(16)13-19/h3-10,19H,11-15H2,1-2H3,(H2,24,25,26). The normalized spacial score (nSPS) is 16.2. The van der Waals surface area contributed by atoms with Crippen LogP contribution in [0.2, 0.25) is 0 Å². The molecule has 0 aliphatic heterocycles. The number of nitrogens with zero attached hydrogens (tertiary/aromatic N) is 2. The number of carbonyl (C=O) groups excluding carboxylic acids is 1. The molecule has 0 saturated heterocycles. The summed E-state index contributed by atoms with van der Waals surface area (Å²) in [6, 6.07) is 15.3. The summed E-state index contributed by atoms with van der Waals surface area (Å²) < 4.78 is 13.9. The minimum atomic E-state index is -0.276. The van der Waals surface area contributed by atoms with Gasteiger partial charge in [0.05, 0.1) is 13.1 Å². The predicted octanol–water partition coefficient (Wildman–Crippen LogP) is 2.51. The third-order valence-electron chi connectivity index (χ3n) is 4.96. The number of aryl methyl sites for hydroxylation is 1. The molecule has 2 aromatic rings. The van der Waals surface area contributed by atoms with Crippen LogP contribution in [0, 0.1) is 5.82 Å². The van der Waals surface area contributed by atoms with E-state index in [9.17, 15) is 9.18 Å². The quantitative estimate of drug-likeness (QED) is 0.617. The molecule has 0 radical (unpaired) electrons. The van der Waals surface area contributed by atoms with Gasteiger partial charge in [-0.15, -0.1) is 0 Å². The summed E-state index contributed by atoms with van der Waals surface area (Å²) in [5.41, 5.74) is 3.25. The Morgan fingerprint density at radius 3 is 2.61 bits per heavy atom. The number of rotatable bonds is 5. The largest absolute Gasteiger partial charge is 0.353 e. The fraction of sp³-hybridized carbons (Fsp3) is 0.364. The van der Waals surface area contributed by atoms with Gasteiger partial charge >= 0.3 is 0 Å². The van der Waals surface area contributed by atoms with Crippen molar-refractivity contribution in [1.82, 2.24) is 15.5 Å². The zero-order valence-corrected chi connectivity index (χ0v) is 16.4. The van der Waals surface area contributed by atoms with E-state index >= 15 is 0 Å². The monoisotopic (exact) mass is 382 g/mol. The minimum Gasteiger partial charge on any atom is -0.353 e. The lowest BCUT2D eigenvalue weighted by atomic mass is 9.88.